The number of benzene rings is 2. The molecule has 0 aromatic heterocycles. The summed E-state index contributed by atoms with van der Waals surface area (Å²) in [5, 5.41) is 8.41. The molecule has 190 valence electrons. The zero-order valence-corrected chi connectivity index (χ0v) is 21.9. The maximum absolute atomic E-state index is 13.1. The molecule has 0 heterocycles. The van der Waals surface area contributed by atoms with E-state index in [-0.39, 0.29) is 11.4 Å². The smallest absolute Gasteiger partial charge is 0.276 e. The van der Waals surface area contributed by atoms with E-state index in [1.807, 2.05) is 20.8 Å². The molecule has 0 spiro atoms. The minimum atomic E-state index is -1.51. The van der Waals surface area contributed by atoms with Crippen LogP contribution in [0.1, 0.15) is 34.6 Å². The number of rotatable bonds is 13. The molecule has 0 saturated heterocycles. The van der Waals surface area contributed by atoms with Gasteiger partial charge in [-0.2, -0.15) is 10.2 Å². The fourth-order valence-corrected chi connectivity index (χ4v) is 3.40. The second kappa shape index (κ2) is 13.7. The monoisotopic (exact) mass is 525 g/mol. The molecule has 0 aliphatic heterocycles. The Labute approximate surface area is 215 Å². The predicted molar refractivity (Wildman–Crippen MR) is 135 cm³/mol. The van der Waals surface area contributed by atoms with E-state index in [1.54, 1.807) is 31.2 Å². The summed E-state index contributed by atoms with van der Waals surface area (Å²) in [6.07, 6.45) is 0. The van der Waals surface area contributed by atoms with Gasteiger partial charge in [0.2, 0.25) is 6.04 Å². The number of nitrogens with zero attached hydrogens (tertiary/aromatic N) is 3. The van der Waals surface area contributed by atoms with Crippen LogP contribution < -0.4 is 23.4 Å². The number of Topliss-reactive ketones (excluding diaryl/α,β-unsaturated/α-hetero) is 1. The van der Waals surface area contributed by atoms with Gasteiger partial charge in [-0.3, -0.25) is 9.59 Å². The van der Waals surface area contributed by atoms with Gasteiger partial charge in [0.25, 0.3) is 5.91 Å². The number of hydrogen-bond acceptors (Lipinski definition) is 8. The van der Waals surface area contributed by atoms with Crippen molar-refractivity contribution in [3.8, 4) is 23.0 Å². The van der Waals surface area contributed by atoms with Crippen LogP contribution in [0.4, 0.5) is 11.4 Å². The first kappa shape index (κ1) is 28.2. The average molecular weight is 526 g/mol. The molecule has 0 saturated carbocycles. The Balaban J connectivity index is 2.42. The summed E-state index contributed by atoms with van der Waals surface area (Å²) in [7, 11) is 0. The molecule has 1 atom stereocenters. The Morgan fingerprint density at radius 1 is 0.886 bits per heavy atom. The van der Waals surface area contributed by atoms with Crippen molar-refractivity contribution < 1.29 is 28.5 Å². The van der Waals surface area contributed by atoms with Crippen molar-refractivity contribution in [2.45, 2.75) is 40.7 Å². The molecular weight excluding hydrogens is 497 g/mol. The molecule has 9 nitrogen and oxygen atoms in total. The summed E-state index contributed by atoms with van der Waals surface area (Å²) < 4.78 is 23.1. The predicted octanol–water partition coefficient (Wildman–Crippen LogP) is 6.16. The van der Waals surface area contributed by atoms with Crippen LogP contribution in [0.25, 0.3) is 0 Å². The molecule has 0 aliphatic rings. The molecule has 2 rings (SSSR count). The zero-order valence-electron chi connectivity index (χ0n) is 20.3. The molecule has 0 N–H and O–H groups in total. The van der Waals surface area contributed by atoms with Gasteiger partial charge in [0.1, 0.15) is 17.2 Å². The summed E-state index contributed by atoms with van der Waals surface area (Å²) in [5.41, 5.74) is 0.462. The topological polar surface area (TPSA) is 99.0 Å². The number of ether oxygens (including phenoxy) is 4. The van der Waals surface area contributed by atoms with E-state index in [9.17, 15) is 9.59 Å². The molecule has 0 fully saturated rings. The number of carbonyl (C=O) groups is 2. The highest BCUT2D eigenvalue weighted by Gasteiger charge is 2.30. The van der Waals surface area contributed by atoms with Crippen LogP contribution in [0.5, 0.6) is 23.0 Å². The Morgan fingerprint density at radius 2 is 1.46 bits per heavy atom. The highest BCUT2D eigenvalue weighted by molar-refractivity contribution is 6.39. The van der Waals surface area contributed by atoms with Crippen molar-refractivity contribution in [1.82, 2.24) is 0 Å². The van der Waals surface area contributed by atoms with Crippen LogP contribution in [0, 0.1) is 0 Å². The number of ketones is 1. The highest BCUT2D eigenvalue weighted by atomic mass is 35.5. The molecule has 1 unspecified atom stereocenters. The summed E-state index contributed by atoms with van der Waals surface area (Å²) in [4.78, 5) is 25.5. The van der Waals surface area contributed by atoms with Crippen LogP contribution in [0.2, 0.25) is 5.02 Å². The Bertz CT molecular complexity index is 1040. The van der Waals surface area contributed by atoms with Crippen molar-refractivity contribution in [2.75, 3.05) is 30.8 Å². The lowest BCUT2D eigenvalue weighted by Crippen LogP contribution is -2.36. The fourth-order valence-electron chi connectivity index (χ4n) is 3.01. The van der Waals surface area contributed by atoms with Gasteiger partial charge in [0.05, 0.1) is 32.1 Å². The van der Waals surface area contributed by atoms with Crippen molar-refractivity contribution >= 4 is 46.4 Å². The van der Waals surface area contributed by atoms with Crippen molar-refractivity contribution in [2.24, 2.45) is 10.2 Å². The minimum Gasteiger partial charge on any atom is -0.494 e. The van der Waals surface area contributed by atoms with E-state index in [4.69, 9.17) is 42.3 Å². The van der Waals surface area contributed by atoms with Gasteiger partial charge >= 0.3 is 0 Å². The van der Waals surface area contributed by atoms with Crippen molar-refractivity contribution in [1.29, 1.82) is 0 Å². The standard InChI is InChI=1S/C24H29Cl2N3O6/c1-6-32-18-12-17(13-19(14-18)33-7-2)29(26)24(31)22(15(5)30)28-27-20-10-16(25)11-21(34-8-3)23(20)35-9-4/h10-14,22H,6-9H2,1-5H3. The second-order valence-corrected chi connectivity index (χ2v) is 7.77. The van der Waals surface area contributed by atoms with Gasteiger partial charge in [-0.05, 0) is 40.7 Å². The van der Waals surface area contributed by atoms with Gasteiger partial charge < -0.3 is 18.9 Å². The van der Waals surface area contributed by atoms with E-state index < -0.39 is 17.7 Å². The van der Waals surface area contributed by atoms with Gasteiger partial charge in [-0.25, -0.2) is 4.42 Å². The number of azo groups is 1. The number of anilines is 1. The van der Waals surface area contributed by atoms with Gasteiger partial charge in [-0.1, -0.05) is 11.6 Å². The molecule has 35 heavy (non-hydrogen) atoms. The lowest BCUT2D eigenvalue weighted by Gasteiger charge is -2.19. The van der Waals surface area contributed by atoms with Crippen LogP contribution in [0.3, 0.4) is 0 Å². The van der Waals surface area contributed by atoms with Crippen molar-refractivity contribution in [3.63, 3.8) is 0 Å². The Morgan fingerprint density at radius 3 is 1.97 bits per heavy atom. The van der Waals surface area contributed by atoms with Gasteiger partial charge in [0, 0.05) is 41.1 Å². The summed E-state index contributed by atoms with van der Waals surface area (Å²) in [5.74, 6) is 0.222. The molecule has 0 aliphatic carbocycles. The third-order valence-corrected chi connectivity index (χ3v) is 4.98. The molecule has 0 bridgehead atoms. The summed E-state index contributed by atoms with van der Waals surface area (Å²) in [6, 6.07) is 6.37. The summed E-state index contributed by atoms with van der Waals surface area (Å²) in [6.45, 7) is 9.99. The van der Waals surface area contributed by atoms with Crippen LogP contribution >= 0.6 is 23.4 Å². The molecular formula is C24H29Cl2N3O6. The van der Waals surface area contributed by atoms with E-state index in [1.165, 1.54) is 13.0 Å². The normalized spacial score (nSPS) is 11.7. The van der Waals surface area contributed by atoms with E-state index in [0.29, 0.717) is 54.4 Å². The maximum Gasteiger partial charge on any atom is 0.276 e. The first-order valence-corrected chi connectivity index (χ1v) is 11.9. The lowest BCUT2D eigenvalue weighted by molar-refractivity contribution is -0.126. The zero-order chi connectivity index (χ0) is 26.0. The lowest BCUT2D eigenvalue weighted by atomic mass is 10.2. The van der Waals surface area contributed by atoms with Crippen LogP contribution in [0.15, 0.2) is 40.6 Å². The van der Waals surface area contributed by atoms with E-state index in [2.05, 4.69) is 10.2 Å². The van der Waals surface area contributed by atoms with Crippen LogP contribution in [-0.2, 0) is 9.59 Å². The molecule has 0 radical (unpaired) electrons. The van der Waals surface area contributed by atoms with Gasteiger partial charge in [-0.15, -0.1) is 0 Å². The molecule has 1 amide bonds. The third kappa shape index (κ3) is 7.73. The average Bonchev–Trinajstić information content (AvgIpc) is 2.80. The second-order valence-electron chi connectivity index (χ2n) is 6.99. The van der Waals surface area contributed by atoms with E-state index in [0.717, 1.165) is 4.42 Å². The maximum atomic E-state index is 13.1. The van der Waals surface area contributed by atoms with E-state index >= 15 is 0 Å². The largest absolute Gasteiger partial charge is 0.494 e. The molecule has 2 aromatic rings. The Hall–Kier alpha value is -3.04. The summed E-state index contributed by atoms with van der Waals surface area (Å²) >= 11 is 12.5. The quantitative estimate of drug-likeness (QED) is 0.176. The Kier molecular flexibility index (Phi) is 11.1. The van der Waals surface area contributed by atoms with Crippen LogP contribution in [-0.4, -0.2) is 44.2 Å². The van der Waals surface area contributed by atoms with Gasteiger partial charge in [0.15, 0.2) is 17.3 Å². The van der Waals surface area contributed by atoms with Crippen molar-refractivity contribution in [3.05, 3.63) is 35.4 Å². The first-order chi connectivity index (χ1) is 16.7. The molecule has 2 aromatic carbocycles. The minimum absolute atomic E-state index is 0.208. The number of hydrogen-bond donors (Lipinski definition) is 0. The number of carbonyl (C=O) groups excluding carboxylic acids is 2. The SMILES string of the molecule is CCOc1cc(OCC)cc(N(Cl)C(=O)C(N=Nc2cc(Cl)cc(OCC)c2OCC)C(C)=O)c1. The fraction of sp³-hybridized carbons (Fsp3) is 0.417. The number of amides is 1. The first-order valence-electron chi connectivity index (χ1n) is 11.2. The molecule has 11 heteroatoms. The highest BCUT2D eigenvalue weighted by Crippen LogP contribution is 2.41. The number of halogens is 2. The third-order valence-electron chi connectivity index (χ3n) is 4.40.